The third-order valence-electron chi connectivity index (χ3n) is 1.67. The first kappa shape index (κ1) is 8.10. The molecular formula is C8H4F3N2. The normalized spacial score (nSPS) is 12.2. The maximum Gasteiger partial charge on any atom is 0.419 e. The number of hydrogen-bond acceptors (Lipinski definition) is 1. The Morgan fingerprint density at radius 1 is 1.38 bits per heavy atom. The summed E-state index contributed by atoms with van der Waals surface area (Å²) in [6, 6.07) is 2.32. The lowest BCUT2D eigenvalue weighted by Crippen LogP contribution is -2.07. The molecule has 1 radical (unpaired) electrons. The van der Waals surface area contributed by atoms with Crippen LogP contribution < -0.4 is 0 Å². The van der Waals surface area contributed by atoms with Crippen molar-refractivity contribution in [2.45, 2.75) is 6.18 Å². The molecule has 0 N–H and O–H groups in total. The molecule has 2 rings (SSSR count). The zero-order valence-corrected chi connectivity index (χ0v) is 6.34. The van der Waals surface area contributed by atoms with Crippen LogP contribution in [-0.2, 0) is 6.18 Å². The van der Waals surface area contributed by atoms with Crippen LogP contribution in [-0.4, -0.2) is 9.38 Å². The Hall–Kier alpha value is -1.52. The molecule has 0 spiro atoms. The smallest absolute Gasteiger partial charge is 0.306 e. The maximum atomic E-state index is 12.3. The summed E-state index contributed by atoms with van der Waals surface area (Å²) < 4.78 is 38.3. The van der Waals surface area contributed by atoms with E-state index in [1.807, 2.05) is 0 Å². The van der Waals surface area contributed by atoms with Crippen LogP contribution in [0.15, 0.2) is 24.5 Å². The highest BCUT2D eigenvalue weighted by molar-refractivity contribution is 5.48. The molecule has 67 valence electrons. The van der Waals surface area contributed by atoms with Gasteiger partial charge in [0.25, 0.3) is 0 Å². The molecule has 2 aromatic heterocycles. The Labute approximate surface area is 71.6 Å². The van der Waals surface area contributed by atoms with Crippen molar-refractivity contribution in [3.63, 3.8) is 0 Å². The summed E-state index contributed by atoms with van der Waals surface area (Å²) in [7, 11) is 0. The minimum Gasteiger partial charge on any atom is -0.306 e. The van der Waals surface area contributed by atoms with E-state index < -0.39 is 11.7 Å². The molecule has 0 fully saturated rings. The van der Waals surface area contributed by atoms with Crippen LogP contribution in [0.1, 0.15) is 5.56 Å². The number of pyridine rings is 1. The summed E-state index contributed by atoms with van der Waals surface area (Å²) in [5.74, 6) is 0. The van der Waals surface area contributed by atoms with Crippen molar-refractivity contribution in [3.8, 4) is 0 Å². The lowest BCUT2D eigenvalue weighted by Gasteiger charge is -2.06. The van der Waals surface area contributed by atoms with Crippen molar-refractivity contribution < 1.29 is 13.2 Å². The third kappa shape index (κ3) is 1.26. The summed E-state index contributed by atoms with van der Waals surface area (Å²) >= 11 is 0. The molecule has 2 aromatic rings. The molecule has 0 aromatic carbocycles. The molecule has 0 unspecified atom stereocenters. The predicted octanol–water partition coefficient (Wildman–Crippen LogP) is 2.15. The second kappa shape index (κ2) is 2.48. The summed E-state index contributed by atoms with van der Waals surface area (Å²) in [6.45, 7) is 0. The van der Waals surface area contributed by atoms with Gasteiger partial charge in [0.05, 0.1) is 5.56 Å². The van der Waals surface area contributed by atoms with Gasteiger partial charge in [0.15, 0.2) is 0 Å². The van der Waals surface area contributed by atoms with Gasteiger partial charge >= 0.3 is 6.18 Å². The van der Waals surface area contributed by atoms with E-state index in [0.717, 1.165) is 6.07 Å². The van der Waals surface area contributed by atoms with E-state index in [0.29, 0.717) is 0 Å². The number of rotatable bonds is 0. The number of alkyl halides is 3. The minimum absolute atomic E-state index is 0.116. The molecule has 0 amide bonds. The first-order chi connectivity index (χ1) is 6.09. The van der Waals surface area contributed by atoms with Gasteiger partial charge in [-0.05, 0) is 12.1 Å². The number of imidazole rings is 1. The van der Waals surface area contributed by atoms with Crippen LogP contribution in [0.5, 0.6) is 0 Å². The van der Waals surface area contributed by atoms with Gasteiger partial charge in [-0.3, -0.25) is 0 Å². The summed E-state index contributed by atoms with van der Waals surface area (Å²) in [4.78, 5) is 3.50. The summed E-state index contributed by atoms with van der Waals surface area (Å²) in [5, 5.41) is 0. The van der Waals surface area contributed by atoms with Crippen LogP contribution in [0.4, 0.5) is 13.2 Å². The molecule has 0 aliphatic rings. The quantitative estimate of drug-likeness (QED) is 0.614. The van der Waals surface area contributed by atoms with Crippen molar-refractivity contribution in [3.05, 3.63) is 36.3 Å². The summed E-state index contributed by atoms with van der Waals surface area (Å²) in [6.07, 6.45) is 0.850. The molecule has 13 heavy (non-hydrogen) atoms. The molecule has 2 heterocycles. The van der Waals surface area contributed by atoms with Crippen molar-refractivity contribution in [1.29, 1.82) is 0 Å². The third-order valence-corrected chi connectivity index (χ3v) is 1.67. The fourth-order valence-corrected chi connectivity index (χ4v) is 1.11. The fourth-order valence-electron chi connectivity index (χ4n) is 1.11. The van der Waals surface area contributed by atoms with Crippen molar-refractivity contribution in [1.82, 2.24) is 9.38 Å². The molecule has 2 nitrogen and oxygen atoms in total. The largest absolute Gasteiger partial charge is 0.419 e. The standard InChI is InChI=1S/C8H4F3N2/c9-8(10,11)6-2-1-4-13-5-3-12-7(6)13/h1-2,4-5H. The molecule has 0 atom stereocenters. The monoisotopic (exact) mass is 185 g/mol. The Kier molecular flexibility index (Phi) is 1.55. The average Bonchev–Trinajstić information content (AvgIpc) is 2.48. The molecule has 0 aliphatic carbocycles. The van der Waals surface area contributed by atoms with Crippen molar-refractivity contribution in [2.24, 2.45) is 0 Å². The SMILES string of the molecule is FC(F)(F)c1cccn2c[c]nc12. The van der Waals surface area contributed by atoms with E-state index in [4.69, 9.17) is 0 Å². The highest BCUT2D eigenvalue weighted by Gasteiger charge is 2.33. The van der Waals surface area contributed by atoms with E-state index in [9.17, 15) is 13.2 Å². The van der Waals surface area contributed by atoms with Crippen LogP contribution in [0, 0.1) is 6.20 Å². The molecule has 0 saturated heterocycles. The van der Waals surface area contributed by atoms with Crippen LogP contribution in [0.3, 0.4) is 0 Å². The second-order valence-electron chi connectivity index (χ2n) is 2.52. The second-order valence-corrected chi connectivity index (χ2v) is 2.52. The molecule has 0 bridgehead atoms. The lowest BCUT2D eigenvalue weighted by atomic mass is 10.2. The molecule has 0 saturated carbocycles. The van der Waals surface area contributed by atoms with Crippen LogP contribution in [0.25, 0.3) is 5.65 Å². The van der Waals surface area contributed by atoms with E-state index in [-0.39, 0.29) is 5.65 Å². The van der Waals surface area contributed by atoms with Crippen molar-refractivity contribution >= 4 is 5.65 Å². The Morgan fingerprint density at radius 2 is 2.15 bits per heavy atom. The van der Waals surface area contributed by atoms with E-state index in [2.05, 4.69) is 11.2 Å². The molecule has 0 aliphatic heterocycles. The van der Waals surface area contributed by atoms with Crippen LogP contribution >= 0.6 is 0 Å². The van der Waals surface area contributed by atoms with Gasteiger partial charge in [0.2, 0.25) is 0 Å². The highest BCUT2D eigenvalue weighted by atomic mass is 19.4. The first-order valence-corrected chi connectivity index (χ1v) is 3.50. The Morgan fingerprint density at radius 3 is 2.85 bits per heavy atom. The fraction of sp³-hybridized carbons (Fsp3) is 0.125. The summed E-state index contributed by atoms with van der Waals surface area (Å²) in [5.41, 5.74) is -0.855. The average molecular weight is 185 g/mol. The highest BCUT2D eigenvalue weighted by Crippen LogP contribution is 2.31. The number of halogens is 3. The Balaban J connectivity index is 2.75. The van der Waals surface area contributed by atoms with E-state index in [1.165, 1.54) is 22.9 Å². The van der Waals surface area contributed by atoms with Gasteiger partial charge in [-0.2, -0.15) is 13.2 Å². The lowest BCUT2D eigenvalue weighted by molar-refractivity contribution is -0.136. The first-order valence-electron chi connectivity index (χ1n) is 3.50. The number of fused-ring (bicyclic) bond motifs is 1. The molecule has 5 heteroatoms. The number of aromatic nitrogens is 2. The number of hydrogen-bond donors (Lipinski definition) is 0. The number of nitrogens with zero attached hydrogens (tertiary/aromatic N) is 2. The maximum absolute atomic E-state index is 12.3. The zero-order chi connectivity index (χ0) is 9.47. The topological polar surface area (TPSA) is 17.3 Å². The predicted molar refractivity (Wildman–Crippen MR) is 39.0 cm³/mol. The van der Waals surface area contributed by atoms with Gasteiger partial charge in [0.1, 0.15) is 11.8 Å². The van der Waals surface area contributed by atoms with E-state index in [1.54, 1.807) is 0 Å². The zero-order valence-electron chi connectivity index (χ0n) is 6.34. The van der Waals surface area contributed by atoms with Crippen molar-refractivity contribution in [2.75, 3.05) is 0 Å². The van der Waals surface area contributed by atoms with Gasteiger partial charge in [-0.25, -0.2) is 4.98 Å². The van der Waals surface area contributed by atoms with Gasteiger partial charge < -0.3 is 4.40 Å². The molecular weight excluding hydrogens is 181 g/mol. The van der Waals surface area contributed by atoms with Gasteiger partial charge in [-0.15, -0.1) is 0 Å². The van der Waals surface area contributed by atoms with Crippen LogP contribution in [0.2, 0.25) is 0 Å². The Bertz CT molecular complexity index is 430. The van der Waals surface area contributed by atoms with E-state index >= 15 is 0 Å². The van der Waals surface area contributed by atoms with Gasteiger partial charge in [0, 0.05) is 12.4 Å². The van der Waals surface area contributed by atoms with Gasteiger partial charge in [-0.1, -0.05) is 0 Å². The minimum atomic E-state index is -4.36.